The van der Waals surface area contributed by atoms with Crippen molar-refractivity contribution in [1.82, 2.24) is 19.6 Å². The van der Waals surface area contributed by atoms with Crippen LogP contribution >= 0.6 is 0 Å². The van der Waals surface area contributed by atoms with Gasteiger partial charge in [-0.3, -0.25) is 38.8 Å². The molecule has 1 amide bonds. The second kappa shape index (κ2) is 12.9. The van der Waals surface area contributed by atoms with E-state index in [1.807, 2.05) is 0 Å². The summed E-state index contributed by atoms with van der Waals surface area (Å²) >= 11 is 0. The number of hydrogen-bond acceptors (Lipinski definition) is 8. The van der Waals surface area contributed by atoms with E-state index in [1.54, 1.807) is 19.6 Å². The molecule has 0 aliphatic carbocycles. The first-order valence-corrected chi connectivity index (χ1v) is 9.24. The lowest BCUT2D eigenvalue weighted by molar-refractivity contribution is -0.140. The van der Waals surface area contributed by atoms with Crippen LogP contribution in [0.15, 0.2) is 4.99 Å². The summed E-state index contributed by atoms with van der Waals surface area (Å²) in [6, 6.07) is 0. The fourth-order valence-corrected chi connectivity index (χ4v) is 3.03. The third-order valence-electron chi connectivity index (χ3n) is 4.54. The molecule has 0 spiro atoms. The number of aliphatic imine (C=N–C) groups is 1. The van der Waals surface area contributed by atoms with Crippen molar-refractivity contribution in [3.8, 4) is 0 Å². The number of hydrogen-bond donors (Lipinski definition) is 3. The fourth-order valence-electron chi connectivity index (χ4n) is 3.03. The monoisotopic (exact) mass is 415 g/mol. The van der Waals surface area contributed by atoms with Crippen LogP contribution in [0.5, 0.6) is 0 Å². The number of carboxylic acid groups (broad SMARTS) is 3. The van der Waals surface area contributed by atoms with Crippen LogP contribution in [0.2, 0.25) is 0 Å². The van der Waals surface area contributed by atoms with Gasteiger partial charge in [0.25, 0.3) is 5.91 Å². The van der Waals surface area contributed by atoms with Crippen molar-refractivity contribution in [2.24, 2.45) is 4.99 Å². The Hall–Kier alpha value is -2.41. The minimum absolute atomic E-state index is 0.0104. The zero-order chi connectivity index (χ0) is 21.8. The smallest absolute Gasteiger partial charge is 0.317 e. The molecule has 1 rings (SSSR count). The number of carboxylic acids is 3. The summed E-state index contributed by atoms with van der Waals surface area (Å²) in [5.74, 6) is -3.41. The van der Waals surface area contributed by atoms with Crippen molar-refractivity contribution in [1.29, 1.82) is 0 Å². The molecule has 29 heavy (non-hydrogen) atoms. The Labute approximate surface area is 169 Å². The molecule has 0 atom stereocenters. The second-order valence-electron chi connectivity index (χ2n) is 6.84. The lowest BCUT2D eigenvalue weighted by Gasteiger charge is -2.32. The summed E-state index contributed by atoms with van der Waals surface area (Å²) in [6.07, 6.45) is 0. The average Bonchev–Trinajstić information content (AvgIpc) is 2.62. The molecule has 1 aliphatic heterocycles. The number of carbonyl (C=O) groups is 4. The first-order chi connectivity index (χ1) is 13.7. The number of carbonyl (C=O) groups excluding carboxylic acids is 1. The predicted molar refractivity (Wildman–Crippen MR) is 103 cm³/mol. The highest BCUT2D eigenvalue weighted by Gasteiger charge is 2.20. The van der Waals surface area contributed by atoms with Crippen LogP contribution in [-0.2, 0) is 19.2 Å². The van der Waals surface area contributed by atoms with Gasteiger partial charge >= 0.3 is 17.9 Å². The molecule has 0 bridgehead atoms. The standard InChI is InChI=1S/C17H29N5O7/c1-18-14(23)10-19-2-4-20(11-15(24)25)6-8-22(13-17(28)29)9-7-21(5-3-19)12-16(26)27/h1-13H2,(H,24,25)(H,26,27)(H,28,29). The van der Waals surface area contributed by atoms with E-state index in [-0.39, 0.29) is 26.2 Å². The van der Waals surface area contributed by atoms with Gasteiger partial charge in [-0.05, 0) is 6.72 Å². The lowest BCUT2D eigenvalue weighted by Crippen LogP contribution is -2.49. The van der Waals surface area contributed by atoms with Crippen LogP contribution in [0.25, 0.3) is 0 Å². The maximum atomic E-state index is 11.7. The fraction of sp³-hybridized carbons (Fsp3) is 0.706. The molecule has 3 N–H and O–H groups in total. The molecule has 12 nitrogen and oxygen atoms in total. The van der Waals surface area contributed by atoms with E-state index in [4.69, 9.17) is 15.3 Å². The van der Waals surface area contributed by atoms with Crippen LogP contribution < -0.4 is 0 Å². The Morgan fingerprint density at radius 2 is 0.828 bits per heavy atom. The third-order valence-corrected chi connectivity index (χ3v) is 4.54. The van der Waals surface area contributed by atoms with Gasteiger partial charge in [0.05, 0.1) is 26.2 Å². The van der Waals surface area contributed by atoms with E-state index >= 15 is 0 Å². The summed E-state index contributed by atoms with van der Waals surface area (Å²) in [5.41, 5.74) is 0. The quantitative estimate of drug-likeness (QED) is 0.366. The van der Waals surface area contributed by atoms with Gasteiger partial charge in [0, 0.05) is 52.4 Å². The number of amides is 1. The minimum atomic E-state index is -1.01. The zero-order valence-corrected chi connectivity index (χ0v) is 16.4. The van der Waals surface area contributed by atoms with Crippen LogP contribution in [0.3, 0.4) is 0 Å². The maximum absolute atomic E-state index is 11.7. The van der Waals surface area contributed by atoms with E-state index in [1.165, 1.54) is 0 Å². The van der Waals surface area contributed by atoms with E-state index in [0.717, 1.165) is 0 Å². The molecule has 12 heteroatoms. The highest BCUT2D eigenvalue weighted by atomic mass is 16.4. The Kier molecular flexibility index (Phi) is 11.0. The first-order valence-electron chi connectivity index (χ1n) is 9.24. The molecule has 1 saturated heterocycles. The van der Waals surface area contributed by atoms with Crippen molar-refractivity contribution in [2.75, 3.05) is 78.5 Å². The van der Waals surface area contributed by atoms with Gasteiger partial charge in [0.15, 0.2) is 0 Å². The van der Waals surface area contributed by atoms with Crippen molar-refractivity contribution < 1.29 is 34.5 Å². The van der Waals surface area contributed by atoms with Gasteiger partial charge in [0.1, 0.15) is 0 Å². The zero-order valence-electron chi connectivity index (χ0n) is 16.4. The van der Waals surface area contributed by atoms with Crippen LogP contribution in [0, 0.1) is 0 Å². The summed E-state index contributed by atoms with van der Waals surface area (Å²) in [7, 11) is 0. The normalized spacial score (nSPS) is 19.0. The summed E-state index contributed by atoms with van der Waals surface area (Å²) in [4.78, 5) is 55.3. The second-order valence-corrected chi connectivity index (χ2v) is 6.84. The van der Waals surface area contributed by atoms with Gasteiger partial charge < -0.3 is 15.3 Å². The van der Waals surface area contributed by atoms with Crippen LogP contribution in [-0.4, -0.2) is 144 Å². The van der Waals surface area contributed by atoms with Crippen molar-refractivity contribution >= 4 is 30.5 Å². The van der Waals surface area contributed by atoms with E-state index in [9.17, 15) is 19.2 Å². The molecular formula is C17H29N5O7. The molecule has 1 heterocycles. The number of nitrogens with zero attached hydrogens (tertiary/aromatic N) is 5. The Balaban J connectivity index is 2.93. The molecule has 0 unspecified atom stereocenters. The van der Waals surface area contributed by atoms with Gasteiger partial charge in [-0.2, -0.15) is 0 Å². The average molecular weight is 415 g/mol. The largest absolute Gasteiger partial charge is 0.480 e. The van der Waals surface area contributed by atoms with Crippen molar-refractivity contribution in [3.63, 3.8) is 0 Å². The third kappa shape index (κ3) is 11.2. The molecule has 0 aromatic carbocycles. The molecule has 164 valence electrons. The lowest BCUT2D eigenvalue weighted by atomic mass is 10.3. The van der Waals surface area contributed by atoms with E-state index < -0.39 is 23.8 Å². The minimum Gasteiger partial charge on any atom is -0.480 e. The molecular weight excluding hydrogens is 386 g/mol. The van der Waals surface area contributed by atoms with Gasteiger partial charge in [-0.15, -0.1) is 0 Å². The van der Waals surface area contributed by atoms with Gasteiger partial charge in [-0.25, -0.2) is 4.99 Å². The SMILES string of the molecule is C=NC(=O)CN1CCN(CC(=O)O)CCN(CC(=O)O)CCN(CC(=O)O)CC1. The van der Waals surface area contributed by atoms with Crippen molar-refractivity contribution in [2.45, 2.75) is 0 Å². The molecule has 0 aromatic rings. The van der Waals surface area contributed by atoms with Crippen LogP contribution in [0.1, 0.15) is 0 Å². The first kappa shape index (κ1) is 24.6. The molecule has 0 saturated carbocycles. The predicted octanol–water partition coefficient (Wildman–Crippen LogP) is -2.31. The van der Waals surface area contributed by atoms with Gasteiger partial charge in [0.2, 0.25) is 0 Å². The number of rotatable bonds is 8. The summed E-state index contributed by atoms with van der Waals surface area (Å²) < 4.78 is 0. The Bertz CT molecular complexity index is 569. The van der Waals surface area contributed by atoms with Gasteiger partial charge in [-0.1, -0.05) is 0 Å². The van der Waals surface area contributed by atoms with Crippen LogP contribution in [0.4, 0.5) is 0 Å². The Morgan fingerprint density at radius 3 is 1.03 bits per heavy atom. The van der Waals surface area contributed by atoms with Crippen molar-refractivity contribution in [3.05, 3.63) is 0 Å². The summed E-state index contributed by atoms with van der Waals surface area (Å²) in [5, 5.41) is 27.4. The topological polar surface area (TPSA) is 154 Å². The highest BCUT2D eigenvalue weighted by molar-refractivity contribution is 5.82. The number of aliphatic carboxylic acids is 3. The van der Waals surface area contributed by atoms with E-state index in [2.05, 4.69) is 11.7 Å². The molecule has 0 radical (unpaired) electrons. The maximum Gasteiger partial charge on any atom is 0.317 e. The molecule has 1 aliphatic rings. The Morgan fingerprint density at radius 1 is 0.586 bits per heavy atom. The molecule has 1 fully saturated rings. The van der Waals surface area contributed by atoms with E-state index in [0.29, 0.717) is 52.4 Å². The molecule has 0 aromatic heterocycles. The highest BCUT2D eigenvalue weighted by Crippen LogP contribution is 2.01. The summed E-state index contributed by atoms with van der Waals surface area (Å²) in [6.45, 7) is 5.41.